The maximum Gasteiger partial charge on any atom is 0.244 e. The first-order chi connectivity index (χ1) is 10.7. The van der Waals surface area contributed by atoms with Crippen LogP contribution in [0.15, 0.2) is 64.8 Å². The minimum absolute atomic E-state index is 0.129. The van der Waals surface area contributed by atoms with Gasteiger partial charge in [-0.05, 0) is 11.6 Å². The molecule has 1 aliphatic rings. The van der Waals surface area contributed by atoms with Gasteiger partial charge in [-0.2, -0.15) is 5.10 Å². The van der Waals surface area contributed by atoms with Crippen LogP contribution in [0.3, 0.4) is 0 Å². The molecular formula is C16H12FN3OS. The molecule has 110 valence electrons. The van der Waals surface area contributed by atoms with Gasteiger partial charge >= 0.3 is 0 Å². The molecule has 6 heteroatoms. The van der Waals surface area contributed by atoms with Crippen molar-refractivity contribution in [2.24, 2.45) is 10.2 Å². The highest BCUT2D eigenvalue weighted by Gasteiger charge is 2.31. The van der Waals surface area contributed by atoms with E-state index < -0.39 is 0 Å². The summed E-state index contributed by atoms with van der Waals surface area (Å²) >= 11 is 1.29. The Kier molecular flexibility index (Phi) is 4.29. The van der Waals surface area contributed by atoms with Gasteiger partial charge in [0, 0.05) is 5.56 Å². The molecule has 0 bridgehead atoms. The van der Waals surface area contributed by atoms with Crippen LogP contribution in [0.25, 0.3) is 0 Å². The molecule has 4 nitrogen and oxygen atoms in total. The smallest absolute Gasteiger partial charge is 0.244 e. The van der Waals surface area contributed by atoms with E-state index in [0.29, 0.717) is 10.7 Å². The van der Waals surface area contributed by atoms with Gasteiger partial charge in [0.1, 0.15) is 11.1 Å². The summed E-state index contributed by atoms with van der Waals surface area (Å²) in [5.41, 5.74) is 1.26. The Hall–Kier alpha value is -2.47. The van der Waals surface area contributed by atoms with Crippen LogP contribution in [0, 0.1) is 5.82 Å². The number of carbonyl (C=O) groups excluding carboxylic acids is 1. The molecule has 3 rings (SSSR count). The Labute approximate surface area is 131 Å². The van der Waals surface area contributed by atoms with E-state index in [1.165, 1.54) is 24.0 Å². The van der Waals surface area contributed by atoms with Crippen LogP contribution >= 0.6 is 11.8 Å². The monoisotopic (exact) mass is 313 g/mol. The third-order valence-corrected chi connectivity index (χ3v) is 4.18. The minimum atomic E-state index is -0.364. The van der Waals surface area contributed by atoms with Crippen molar-refractivity contribution in [3.8, 4) is 0 Å². The number of thioether (sulfide) groups is 1. The molecule has 0 aliphatic carbocycles. The third kappa shape index (κ3) is 3.23. The second kappa shape index (κ2) is 6.53. The fourth-order valence-electron chi connectivity index (χ4n) is 1.98. The van der Waals surface area contributed by atoms with Gasteiger partial charge in [-0.1, -0.05) is 60.3 Å². The van der Waals surface area contributed by atoms with Crippen molar-refractivity contribution >= 4 is 29.1 Å². The summed E-state index contributed by atoms with van der Waals surface area (Å²) in [6.45, 7) is 0. The topological polar surface area (TPSA) is 53.8 Å². The Balaban J connectivity index is 1.72. The molecule has 1 amide bonds. The fraction of sp³-hybridized carbons (Fsp3) is 0.0625. The highest BCUT2D eigenvalue weighted by atomic mass is 32.2. The van der Waals surface area contributed by atoms with E-state index in [9.17, 15) is 9.18 Å². The lowest BCUT2D eigenvalue weighted by atomic mass is 10.1. The van der Waals surface area contributed by atoms with Gasteiger partial charge in [0.05, 0.1) is 6.21 Å². The van der Waals surface area contributed by atoms with Crippen molar-refractivity contribution in [3.63, 3.8) is 0 Å². The highest BCUT2D eigenvalue weighted by molar-refractivity contribution is 8.15. The number of hydrogen-bond donors (Lipinski definition) is 1. The Bertz CT molecular complexity index is 746. The van der Waals surface area contributed by atoms with Gasteiger partial charge in [-0.15, -0.1) is 5.10 Å². The number of benzene rings is 2. The lowest BCUT2D eigenvalue weighted by Crippen LogP contribution is -2.21. The maximum absolute atomic E-state index is 13.4. The van der Waals surface area contributed by atoms with E-state index in [-0.39, 0.29) is 17.0 Å². The van der Waals surface area contributed by atoms with Gasteiger partial charge < -0.3 is 5.32 Å². The van der Waals surface area contributed by atoms with E-state index in [2.05, 4.69) is 15.5 Å². The van der Waals surface area contributed by atoms with Gasteiger partial charge in [0.25, 0.3) is 0 Å². The number of rotatable bonds is 3. The third-order valence-electron chi connectivity index (χ3n) is 3.05. The summed E-state index contributed by atoms with van der Waals surface area (Å²) in [5, 5.41) is 10.5. The molecule has 0 radical (unpaired) electrons. The minimum Gasteiger partial charge on any atom is -0.302 e. The summed E-state index contributed by atoms with van der Waals surface area (Å²) in [4.78, 5) is 11.9. The van der Waals surface area contributed by atoms with Crippen molar-refractivity contribution in [2.75, 3.05) is 0 Å². The fourth-order valence-corrected chi connectivity index (χ4v) is 2.92. The zero-order valence-electron chi connectivity index (χ0n) is 11.4. The molecule has 1 atom stereocenters. The normalized spacial score (nSPS) is 19.8. The standard InChI is InChI=1S/C16H12FN3OS/c17-13-9-5-4-8-12(13)10-18-20-16-19-15(21)14(22-16)11-6-2-1-3-7-11/h1-10,14H,(H,19,20,21)/b18-10-/t14-/m0/s1. The number of halogens is 1. The molecule has 1 fully saturated rings. The molecule has 1 heterocycles. The van der Waals surface area contributed by atoms with E-state index in [0.717, 1.165) is 5.56 Å². The second-order valence-electron chi connectivity index (χ2n) is 4.57. The first-order valence-corrected chi connectivity index (χ1v) is 7.50. The van der Waals surface area contributed by atoms with Crippen LogP contribution in [-0.2, 0) is 4.79 Å². The number of nitrogens with zero attached hydrogens (tertiary/aromatic N) is 2. The summed E-state index contributed by atoms with van der Waals surface area (Å²) in [5.74, 6) is -0.493. The van der Waals surface area contributed by atoms with Gasteiger partial charge in [0.15, 0.2) is 5.17 Å². The number of nitrogens with one attached hydrogen (secondary N) is 1. The second-order valence-corrected chi connectivity index (χ2v) is 5.66. The molecule has 0 spiro atoms. The van der Waals surface area contributed by atoms with E-state index in [4.69, 9.17) is 0 Å². The summed E-state index contributed by atoms with van der Waals surface area (Å²) in [7, 11) is 0. The first kappa shape index (κ1) is 14.5. The predicted octanol–water partition coefficient (Wildman–Crippen LogP) is 3.12. The van der Waals surface area contributed by atoms with E-state index in [1.807, 2.05) is 30.3 Å². The van der Waals surface area contributed by atoms with Crippen molar-refractivity contribution in [2.45, 2.75) is 5.25 Å². The Morgan fingerprint density at radius 1 is 1.09 bits per heavy atom. The molecule has 2 aromatic carbocycles. The quantitative estimate of drug-likeness (QED) is 0.699. The number of amidine groups is 1. The Morgan fingerprint density at radius 3 is 2.59 bits per heavy atom. The summed E-state index contributed by atoms with van der Waals surface area (Å²) in [6, 6.07) is 15.7. The van der Waals surface area contributed by atoms with Gasteiger partial charge in [0.2, 0.25) is 5.91 Å². The van der Waals surface area contributed by atoms with Crippen LogP contribution < -0.4 is 5.32 Å². The maximum atomic E-state index is 13.4. The van der Waals surface area contributed by atoms with Gasteiger partial charge in [-0.25, -0.2) is 4.39 Å². The van der Waals surface area contributed by atoms with Crippen LogP contribution in [0.2, 0.25) is 0 Å². The zero-order chi connectivity index (χ0) is 15.4. The van der Waals surface area contributed by atoms with Crippen molar-refractivity contribution < 1.29 is 9.18 Å². The molecular weight excluding hydrogens is 301 g/mol. The molecule has 0 unspecified atom stereocenters. The van der Waals surface area contributed by atoms with E-state index >= 15 is 0 Å². The van der Waals surface area contributed by atoms with Crippen LogP contribution in [0.5, 0.6) is 0 Å². The van der Waals surface area contributed by atoms with Crippen molar-refractivity contribution in [1.82, 2.24) is 5.32 Å². The molecule has 1 aliphatic heterocycles. The average Bonchev–Trinajstić information content (AvgIpc) is 2.91. The molecule has 1 saturated heterocycles. The first-order valence-electron chi connectivity index (χ1n) is 6.62. The largest absolute Gasteiger partial charge is 0.302 e. The zero-order valence-corrected chi connectivity index (χ0v) is 12.3. The van der Waals surface area contributed by atoms with E-state index in [1.54, 1.807) is 18.2 Å². The molecule has 0 saturated carbocycles. The van der Waals surface area contributed by atoms with Crippen molar-refractivity contribution in [3.05, 3.63) is 71.5 Å². The van der Waals surface area contributed by atoms with Gasteiger partial charge in [-0.3, -0.25) is 4.79 Å². The lowest BCUT2D eigenvalue weighted by molar-refractivity contribution is -0.118. The molecule has 0 aromatic heterocycles. The molecule has 2 aromatic rings. The summed E-state index contributed by atoms with van der Waals surface area (Å²) in [6.07, 6.45) is 1.32. The van der Waals surface area contributed by atoms with Crippen LogP contribution in [0.4, 0.5) is 4.39 Å². The average molecular weight is 313 g/mol. The van der Waals surface area contributed by atoms with Crippen molar-refractivity contribution in [1.29, 1.82) is 0 Å². The van der Waals surface area contributed by atoms with Crippen LogP contribution in [0.1, 0.15) is 16.4 Å². The highest BCUT2D eigenvalue weighted by Crippen LogP contribution is 2.34. The number of hydrogen-bond acceptors (Lipinski definition) is 4. The number of carbonyl (C=O) groups is 1. The predicted molar refractivity (Wildman–Crippen MR) is 86.3 cm³/mol. The SMILES string of the molecule is O=C1N/C(=N/N=C\c2ccccc2F)S[C@H]1c1ccccc1. The number of amides is 1. The summed E-state index contributed by atoms with van der Waals surface area (Å²) < 4.78 is 13.4. The lowest BCUT2D eigenvalue weighted by Gasteiger charge is -2.03. The van der Waals surface area contributed by atoms with Crippen LogP contribution in [-0.4, -0.2) is 17.3 Å². The molecule has 1 N–H and O–H groups in total. The Morgan fingerprint density at radius 2 is 1.82 bits per heavy atom. The molecule has 22 heavy (non-hydrogen) atoms.